The Hall–Kier alpha value is -3.13. The normalized spacial score (nSPS) is 16.5. The average molecular weight is 385 g/mol. The highest BCUT2D eigenvalue weighted by atomic mass is 32.2. The number of esters is 1. The van der Waals surface area contributed by atoms with Gasteiger partial charge in [-0.3, -0.25) is 9.59 Å². The highest BCUT2D eigenvalue weighted by Crippen LogP contribution is 2.36. The number of ether oxygens (including phenoxy) is 1. The third-order valence-corrected chi connectivity index (χ3v) is 5.30. The fourth-order valence-corrected chi connectivity index (χ4v) is 3.98. The summed E-state index contributed by atoms with van der Waals surface area (Å²) in [7, 11) is 1.22. The molecule has 1 heterocycles. The minimum Gasteiger partial charge on any atom is -0.478 e. The molecule has 138 valence electrons. The van der Waals surface area contributed by atoms with Crippen molar-refractivity contribution in [2.45, 2.75) is 16.6 Å². The summed E-state index contributed by atoms with van der Waals surface area (Å²) in [4.78, 5) is 50.0. The highest BCUT2D eigenvalue weighted by molar-refractivity contribution is 8.00. The number of amides is 2. The van der Waals surface area contributed by atoms with Gasteiger partial charge in [0, 0.05) is 11.3 Å². The summed E-state index contributed by atoms with van der Waals surface area (Å²) in [6, 6.07) is 12.5. The van der Waals surface area contributed by atoms with E-state index < -0.39 is 29.0 Å². The van der Waals surface area contributed by atoms with Crippen molar-refractivity contribution in [1.29, 1.82) is 0 Å². The third kappa shape index (κ3) is 3.56. The maximum absolute atomic E-state index is 12.8. The van der Waals surface area contributed by atoms with Gasteiger partial charge in [0.15, 0.2) is 0 Å². The quantitative estimate of drug-likeness (QED) is 0.623. The lowest BCUT2D eigenvalue weighted by atomic mass is 10.1. The molecule has 1 aliphatic rings. The van der Waals surface area contributed by atoms with Crippen molar-refractivity contribution in [2.24, 2.45) is 0 Å². The van der Waals surface area contributed by atoms with Crippen LogP contribution in [0.3, 0.4) is 0 Å². The molecule has 1 saturated heterocycles. The number of rotatable bonds is 5. The van der Waals surface area contributed by atoms with Gasteiger partial charge in [0.05, 0.1) is 29.2 Å². The second-order valence-corrected chi connectivity index (χ2v) is 6.93. The van der Waals surface area contributed by atoms with Gasteiger partial charge in [0.2, 0.25) is 11.8 Å². The lowest BCUT2D eigenvalue weighted by Crippen LogP contribution is -2.32. The van der Waals surface area contributed by atoms with Crippen LogP contribution in [0, 0.1) is 0 Å². The van der Waals surface area contributed by atoms with Crippen molar-refractivity contribution in [3.05, 3.63) is 59.7 Å². The topological polar surface area (TPSA) is 101 Å². The van der Waals surface area contributed by atoms with Gasteiger partial charge in [0.1, 0.15) is 0 Å². The second kappa shape index (κ2) is 7.63. The number of carbonyl (C=O) groups excluding carboxylic acids is 3. The number of para-hydroxylation sites is 1. The molecule has 2 aromatic carbocycles. The molecular weight excluding hydrogens is 370 g/mol. The molecule has 0 radical (unpaired) electrons. The second-order valence-electron chi connectivity index (χ2n) is 5.69. The van der Waals surface area contributed by atoms with Gasteiger partial charge in [0.25, 0.3) is 0 Å². The molecule has 1 aliphatic heterocycles. The Morgan fingerprint density at radius 3 is 2.37 bits per heavy atom. The van der Waals surface area contributed by atoms with Gasteiger partial charge in [-0.15, -0.1) is 11.8 Å². The number of aromatic carboxylic acids is 1. The smallest absolute Gasteiger partial charge is 0.339 e. The summed E-state index contributed by atoms with van der Waals surface area (Å²) < 4.78 is 4.71. The van der Waals surface area contributed by atoms with Crippen LogP contribution < -0.4 is 4.90 Å². The van der Waals surface area contributed by atoms with Crippen molar-refractivity contribution in [2.75, 3.05) is 12.0 Å². The number of methoxy groups -OCH3 is 1. The van der Waals surface area contributed by atoms with E-state index in [9.17, 15) is 24.3 Å². The SMILES string of the molecule is COC(=O)c1ccccc1N1C(=O)CC(Sc2ccccc2C(=O)O)C1=O. The van der Waals surface area contributed by atoms with Gasteiger partial charge in [-0.25, -0.2) is 14.5 Å². The van der Waals surface area contributed by atoms with Crippen LogP contribution in [-0.2, 0) is 14.3 Å². The molecule has 2 amide bonds. The molecule has 7 nitrogen and oxygen atoms in total. The summed E-state index contributed by atoms with van der Waals surface area (Å²) >= 11 is 1.03. The van der Waals surface area contributed by atoms with Gasteiger partial charge in [-0.2, -0.15) is 0 Å². The number of carbonyl (C=O) groups is 4. The van der Waals surface area contributed by atoms with E-state index in [0.29, 0.717) is 4.90 Å². The van der Waals surface area contributed by atoms with E-state index in [-0.39, 0.29) is 23.2 Å². The zero-order chi connectivity index (χ0) is 19.6. The Bertz CT molecular complexity index is 941. The number of benzene rings is 2. The monoisotopic (exact) mass is 385 g/mol. The lowest BCUT2D eigenvalue weighted by molar-refractivity contribution is -0.121. The van der Waals surface area contributed by atoms with Crippen molar-refractivity contribution in [3.8, 4) is 0 Å². The molecular formula is C19H15NO6S. The fourth-order valence-electron chi connectivity index (χ4n) is 2.80. The summed E-state index contributed by atoms with van der Waals surface area (Å²) in [5.41, 5.74) is 0.336. The number of anilines is 1. The molecule has 1 unspecified atom stereocenters. The van der Waals surface area contributed by atoms with Gasteiger partial charge < -0.3 is 9.84 Å². The number of hydrogen-bond acceptors (Lipinski definition) is 6. The number of hydrogen-bond donors (Lipinski definition) is 1. The molecule has 1 fully saturated rings. The minimum atomic E-state index is -1.11. The Kier molecular flexibility index (Phi) is 5.27. The standard InChI is InChI=1S/C19H15NO6S/c1-26-19(25)11-6-2-4-8-13(11)20-16(21)10-15(17(20)22)27-14-9-5-3-7-12(14)18(23)24/h2-9,15H,10H2,1H3,(H,23,24). The van der Waals surface area contributed by atoms with E-state index in [1.54, 1.807) is 30.3 Å². The van der Waals surface area contributed by atoms with Crippen LogP contribution in [-0.4, -0.2) is 41.2 Å². The maximum Gasteiger partial charge on any atom is 0.339 e. The van der Waals surface area contributed by atoms with Crippen molar-refractivity contribution >= 4 is 41.2 Å². The maximum atomic E-state index is 12.8. The first-order chi connectivity index (χ1) is 12.9. The molecule has 3 rings (SSSR count). The fraction of sp³-hybridized carbons (Fsp3) is 0.158. The molecule has 1 atom stereocenters. The van der Waals surface area contributed by atoms with Crippen molar-refractivity contribution in [1.82, 2.24) is 0 Å². The zero-order valence-electron chi connectivity index (χ0n) is 14.2. The molecule has 0 saturated carbocycles. The van der Waals surface area contributed by atoms with E-state index in [0.717, 1.165) is 16.7 Å². The summed E-state index contributed by atoms with van der Waals surface area (Å²) in [5, 5.41) is 8.51. The zero-order valence-corrected chi connectivity index (χ0v) is 15.1. The highest BCUT2D eigenvalue weighted by Gasteiger charge is 2.41. The van der Waals surface area contributed by atoms with E-state index in [1.165, 1.54) is 25.3 Å². The molecule has 1 N–H and O–H groups in total. The Morgan fingerprint density at radius 1 is 1.07 bits per heavy atom. The van der Waals surface area contributed by atoms with Crippen LogP contribution in [0.1, 0.15) is 27.1 Å². The van der Waals surface area contributed by atoms with E-state index in [1.807, 2.05) is 0 Å². The van der Waals surface area contributed by atoms with Crippen LogP contribution in [0.15, 0.2) is 53.4 Å². The molecule has 0 aliphatic carbocycles. The van der Waals surface area contributed by atoms with Gasteiger partial charge in [-0.05, 0) is 24.3 Å². The molecule has 0 spiro atoms. The first-order valence-electron chi connectivity index (χ1n) is 7.97. The van der Waals surface area contributed by atoms with Crippen LogP contribution in [0.25, 0.3) is 0 Å². The summed E-state index contributed by atoms with van der Waals surface area (Å²) in [6.45, 7) is 0. The Balaban J connectivity index is 1.91. The molecule has 0 aromatic heterocycles. The number of carboxylic acid groups (broad SMARTS) is 1. The third-order valence-electron chi connectivity index (χ3n) is 4.04. The number of thioether (sulfide) groups is 1. The van der Waals surface area contributed by atoms with Crippen LogP contribution in [0.5, 0.6) is 0 Å². The largest absolute Gasteiger partial charge is 0.478 e. The number of carboxylic acids is 1. The van der Waals surface area contributed by atoms with Crippen LogP contribution >= 0.6 is 11.8 Å². The first kappa shape index (κ1) is 18.7. The summed E-state index contributed by atoms with van der Waals surface area (Å²) in [6.07, 6.45) is -0.0903. The first-order valence-corrected chi connectivity index (χ1v) is 8.85. The Morgan fingerprint density at radius 2 is 1.70 bits per heavy atom. The van der Waals surface area contributed by atoms with Gasteiger partial charge in [-0.1, -0.05) is 24.3 Å². The van der Waals surface area contributed by atoms with E-state index in [4.69, 9.17) is 4.74 Å². The molecule has 8 heteroatoms. The predicted octanol–water partition coefficient (Wildman–Crippen LogP) is 2.60. The van der Waals surface area contributed by atoms with Crippen molar-refractivity contribution in [3.63, 3.8) is 0 Å². The van der Waals surface area contributed by atoms with Crippen LogP contribution in [0.4, 0.5) is 5.69 Å². The van der Waals surface area contributed by atoms with Crippen LogP contribution in [0.2, 0.25) is 0 Å². The van der Waals surface area contributed by atoms with Crippen molar-refractivity contribution < 1.29 is 29.0 Å². The molecule has 0 bridgehead atoms. The Labute approximate surface area is 158 Å². The predicted molar refractivity (Wildman–Crippen MR) is 97.9 cm³/mol. The van der Waals surface area contributed by atoms with E-state index in [2.05, 4.69) is 0 Å². The minimum absolute atomic E-state index is 0.0659. The number of nitrogens with zero attached hydrogens (tertiary/aromatic N) is 1. The van der Waals surface area contributed by atoms with Gasteiger partial charge >= 0.3 is 11.9 Å². The lowest BCUT2D eigenvalue weighted by Gasteiger charge is -2.18. The van der Waals surface area contributed by atoms with E-state index >= 15 is 0 Å². The number of imide groups is 1. The molecule has 27 heavy (non-hydrogen) atoms. The molecule has 2 aromatic rings. The average Bonchev–Trinajstić information content (AvgIpc) is 2.94. The summed E-state index contributed by atoms with van der Waals surface area (Å²) in [5.74, 6) is -2.72.